The number of carbonyl (C=O) groups is 3. The highest BCUT2D eigenvalue weighted by Crippen LogP contribution is 2.20. The molecule has 2 unspecified atom stereocenters. The molecular formula is C94H169NO8. The molecule has 9 nitrogen and oxygen atoms in total. The Morgan fingerprint density at radius 2 is 0.553 bits per heavy atom. The number of carboxylic acid groups (broad SMARTS) is 1. The number of esters is 2. The van der Waals surface area contributed by atoms with Crippen molar-refractivity contribution in [3.8, 4) is 0 Å². The molecule has 0 saturated carbocycles. The lowest BCUT2D eigenvalue weighted by Gasteiger charge is -2.26. The van der Waals surface area contributed by atoms with Crippen LogP contribution < -0.4 is 5.11 Å². The molecule has 2 atom stereocenters. The first-order chi connectivity index (χ1) is 50.6. The number of rotatable bonds is 83. The summed E-state index contributed by atoms with van der Waals surface area (Å²) in [5.74, 6) is -2.25. The van der Waals surface area contributed by atoms with Crippen LogP contribution in [-0.2, 0) is 33.3 Å². The molecule has 0 radical (unpaired) electrons. The predicted molar refractivity (Wildman–Crippen MR) is 444 cm³/mol. The van der Waals surface area contributed by atoms with E-state index in [0.717, 1.165) is 77.0 Å². The SMILES string of the molecule is CC/C=C\C/C=C\C/C=C\C/C=C\C/C=C\C/C=C\CCCCCCCCCCCCCCCCCCCCCCCCC(=O)OC(COC(=O)CCCCCCCCCCCCCCCCCCCCCCCCCCC/C=C\C/C=C\CCCCCCC)COC(OCC[N+](C)(C)C)C(=O)[O-]. The summed E-state index contributed by atoms with van der Waals surface area (Å²) >= 11 is 0. The van der Waals surface area contributed by atoms with Crippen LogP contribution in [0.2, 0.25) is 0 Å². The Morgan fingerprint density at radius 1 is 0.301 bits per heavy atom. The van der Waals surface area contributed by atoms with Gasteiger partial charge in [-0.2, -0.15) is 0 Å². The summed E-state index contributed by atoms with van der Waals surface area (Å²) in [4.78, 5) is 37.7. The monoisotopic (exact) mass is 1440 g/mol. The fraction of sp³-hybridized carbons (Fsp3) is 0.798. The van der Waals surface area contributed by atoms with Crippen molar-refractivity contribution >= 4 is 17.9 Å². The molecule has 0 aromatic carbocycles. The van der Waals surface area contributed by atoms with Gasteiger partial charge in [-0.1, -0.05) is 413 Å². The Kier molecular flexibility index (Phi) is 80.8. The lowest BCUT2D eigenvalue weighted by atomic mass is 10.0. The predicted octanol–water partition coefficient (Wildman–Crippen LogP) is 27.7. The highest BCUT2D eigenvalue weighted by Gasteiger charge is 2.22. The van der Waals surface area contributed by atoms with Gasteiger partial charge in [-0.3, -0.25) is 9.59 Å². The van der Waals surface area contributed by atoms with Gasteiger partial charge in [0.05, 0.1) is 40.3 Å². The molecule has 0 fully saturated rings. The maximum Gasteiger partial charge on any atom is 0.306 e. The Morgan fingerprint density at radius 3 is 0.825 bits per heavy atom. The van der Waals surface area contributed by atoms with E-state index in [9.17, 15) is 19.5 Å². The smallest absolute Gasteiger partial charge is 0.306 e. The van der Waals surface area contributed by atoms with Crippen LogP contribution in [0.15, 0.2) is 97.2 Å². The molecular weight excluding hydrogens is 1270 g/mol. The molecule has 0 aromatic rings. The van der Waals surface area contributed by atoms with Gasteiger partial charge in [0.2, 0.25) is 0 Å². The topological polar surface area (TPSA) is 111 Å². The fourth-order valence-electron chi connectivity index (χ4n) is 13.1. The zero-order chi connectivity index (χ0) is 74.6. The van der Waals surface area contributed by atoms with Crippen LogP contribution in [0.1, 0.15) is 425 Å². The average Bonchev–Trinajstić information content (AvgIpc) is 1.01. The number of likely N-dealkylation sites (N-methyl/N-ethyl adjacent to an activating group) is 1. The van der Waals surface area contributed by atoms with Gasteiger partial charge in [0.15, 0.2) is 12.4 Å². The normalized spacial score (nSPS) is 13.1. The molecule has 0 amide bonds. The van der Waals surface area contributed by atoms with E-state index in [1.807, 2.05) is 21.1 Å². The second kappa shape index (κ2) is 83.8. The number of aliphatic carboxylic acids is 1. The number of ether oxygens (including phenoxy) is 4. The first kappa shape index (κ1) is 99.2. The van der Waals surface area contributed by atoms with Crippen molar-refractivity contribution < 1.29 is 42.9 Å². The van der Waals surface area contributed by atoms with Crippen molar-refractivity contribution in [2.24, 2.45) is 0 Å². The maximum atomic E-state index is 13.0. The lowest BCUT2D eigenvalue weighted by Crippen LogP contribution is -2.44. The van der Waals surface area contributed by atoms with E-state index in [-0.39, 0.29) is 32.2 Å². The third kappa shape index (κ3) is 85.3. The second-order valence-corrected chi connectivity index (χ2v) is 31.2. The van der Waals surface area contributed by atoms with Gasteiger partial charge in [0.1, 0.15) is 13.2 Å². The molecule has 9 heteroatoms. The van der Waals surface area contributed by atoms with Gasteiger partial charge in [0, 0.05) is 12.8 Å². The van der Waals surface area contributed by atoms with Crippen LogP contribution in [0.4, 0.5) is 0 Å². The molecule has 598 valence electrons. The highest BCUT2D eigenvalue weighted by atomic mass is 16.7. The lowest BCUT2D eigenvalue weighted by molar-refractivity contribution is -0.870. The van der Waals surface area contributed by atoms with Crippen LogP contribution in [0, 0.1) is 0 Å². The average molecular weight is 1440 g/mol. The molecule has 0 saturated heterocycles. The van der Waals surface area contributed by atoms with E-state index in [1.165, 1.54) is 315 Å². The van der Waals surface area contributed by atoms with Crippen LogP contribution in [0.25, 0.3) is 0 Å². The Balaban J connectivity index is 3.93. The molecule has 0 aliphatic heterocycles. The molecule has 0 aliphatic carbocycles. The van der Waals surface area contributed by atoms with Gasteiger partial charge in [-0.15, -0.1) is 0 Å². The van der Waals surface area contributed by atoms with Crippen LogP contribution in [-0.4, -0.2) is 82.3 Å². The summed E-state index contributed by atoms with van der Waals surface area (Å²) in [6.45, 7) is 4.69. The number of carbonyl (C=O) groups excluding carboxylic acids is 3. The van der Waals surface area contributed by atoms with Gasteiger partial charge in [-0.05, 0) is 96.3 Å². The molecule has 0 N–H and O–H groups in total. The minimum absolute atomic E-state index is 0.149. The number of allylic oxidation sites excluding steroid dienone is 16. The van der Waals surface area contributed by atoms with Gasteiger partial charge < -0.3 is 33.3 Å². The summed E-state index contributed by atoms with van der Waals surface area (Å²) < 4.78 is 22.9. The summed E-state index contributed by atoms with van der Waals surface area (Å²) in [5, 5.41) is 11.9. The Bertz CT molecular complexity index is 2030. The fourth-order valence-corrected chi connectivity index (χ4v) is 13.1. The minimum Gasteiger partial charge on any atom is -0.545 e. The van der Waals surface area contributed by atoms with Crippen molar-refractivity contribution in [2.75, 3.05) is 47.5 Å². The third-order valence-electron chi connectivity index (χ3n) is 19.8. The molecule has 0 rings (SSSR count). The summed E-state index contributed by atoms with van der Waals surface area (Å²) in [7, 11) is 5.95. The number of hydrogen-bond acceptors (Lipinski definition) is 8. The zero-order valence-electron chi connectivity index (χ0n) is 68.7. The van der Waals surface area contributed by atoms with Crippen LogP contribution >= 0.6 is 0 Å². The van der Waals surface area contributed by atoms with Crippen molar-refractivity contribution in [1.82, 2.24) is 0 Å². The highest BCUT2D eigenvalue weighted by molar-refractivity contribution is 5.70. The summed E-state index contributed by atoms with van der Waals surface area (Å²) in [6, 6.07) is 0. The zero-order valence-corrected chi connectivity index (χ0v) is 68.7. The van der Waals surface area contributed by atoms with Crippen molar-refractivity contribution in [3.63, 3.8) is 0 Å². The molecule has 0 aromatic heterocycles. The Labute approximate surface area is 639 Å². The van der Waals surface area contributed by atoms with Crippen LogP contribution in [0.5, 0.6) is 0 Å². The second-order valence-electron chi connectivity index (χ2n) is 31.2. The number of unbranched alkanes of at least 4 members (excludes halogenated alkanes) is 52. The molecule has 0 spiro atoms. The van der Waals surface area contributed by atoms with Crippen LogP contribution in [0.3, 0.4) is 0 Å². The van der Waals surface area contributed by atoms with E-state index < -0.39 is 24.3 Å². The standard InChI is InChI=1S/C94H169NO8/c1-6-8-10-12-14-16-18-20-22-24-26-28-30-32-34-36-38-40-42-44-45-46-47-49-51-53-55-57-59-61-63-65-67-69-71-73-75-77-79-81-83-85-92(97)103-90(89-102-94(93(98)99)100-87-86-95(3,4)5)88-101-91(96)84-82-80-78-76-74-72-70-68-66-64-62-60-58-56-54-52-50-48-43-41-39-37-35-33-31-29-27-25-23-21-19-17-15-13-11-9-7-2/h8,10,14,16,19-22,25-28,32,34,38,40,90,94H,6-7,9,11-13,15,17-18,23-24,29-31,33,35-37,39,41-89H2,1-5H3/b10-8-,16-14-,21-19-,22-20-,27-25-,28-26-,34-32-,40-38-. The van der Waals surface area contributed by atoms with Gasteiger partial charge >= 0.3 is 11.9 Å². The summed E-state index contributed by atoms with van der Waals surface area (Å²) in [5.41, 5.74) is 0. The Hall–Kier alpha value is -3.79. The largest absolute Gasteiger partial charge is 0.545 e. The number of carboxylic acids is 1. The third-order valence-corrected chi connectivity index (χ3v) is 19.8. The number of quaternary nitrogens is 1. The van der Waals surface area contributed by atoms with E-state index in [0.29, 0.717) is 23.9 Å². The first-order valence-corrected chi connectivity index (χ1v) is 44.4. The number of nitrogens with zero attached hydrogens (tertiary/aromatic N) is 1. The number of hydrogen-bond donors (Lipinski definition) is 0. The quantitative estimate of drug-likeness (QED) is 0.0195. The van der Waals surface area contributed by atoms with E-state index in [2.05, 4.69) is 111 Å². The summed E-state index contributed by atoms with van der Waals surface area (Å²) in [6.07, 6.45) is 114. The van der Waals surface area contributed by atoms with Crippen molar-refractivity contribution in [2.45, 2.75) is 437 Å². The van der Waals surface area contributed by atoms with E-state index in [1.54, 1.807) is 0 Å². The van der Waals surface area contributed by atoms with E-state index in [4.69, 9.17) is 18.9 Å². The molecule has 0 aliphatic rings. The molecule has 0 bridgehead atoms. The molecule has 103 heavy (non-hydrogen) atoms. The van der Waals surface area contributed by atoms with Gasteiger partial charge in [0.25, 0.3) is 0 Å². The maximum absolute atomic E-state index is 13.0. The minimum atomic E-state index is -1.62. The van der Waals surface area contributed by atoms with E-state index >= 15 is 0 Å². The molecule has 0 heterocycles. The van der Waals surface area contributed by atoms with Gasteiger partial charge in [-0.25, -0.2) is 0 Å². The first-order valence-electron chi connectivity index (χ1n) is 44.4. The van der Waals surface area contributed by atoms with Crippen molar-refractivity contribution in [1.29, 1.82) is 0 Å². The van der Waals surface area contributed by atoms with Crippen molar-refractivity contribution in [3.05, 3.63) is 97.2 Å².